The number of nitrogens with zero attached hydrogens (tertiary/aromatic N) is 3. The maximum absolute atomic E-state index is 12.5. The van der Waals surface area contributed by atoms with Gasteiger partial charge in [0.25, 0.3) is 11.8 Å². The van der Waals surface area contributed by atoms with E-state index < -0.39 is 0 Å². The van der Waals surface area contributed by atoms with Crippen molar-refractivity contribution in [3.8, 4) is 17.0 Å². The molecule has 0 atom stereocenters. The van der Waals surface area contributed by atoms with E-state index in [2.05, 4.69) is 35.0 Å². The Morgan fingerprint density at radius 1 is 0.947 bits per heavy atom. The monoisotopic (exact) mass is 508 g/mol. The molecule has 7 nitrogen and oxygen atoms in total. The van der Waals surface area contributed by atoms with Crippen molar-refractivity contribution < 1.29 is 14.3 Å². The van der Waals surface area contributed by atoms with Gasteiger partial charge in [0.05, 0.1) is 17.7 Å². The van der Waals surface area contributed by atoms with E-state index in [1.54, 1.807) is 24.3 Å². The normalized spacial score (nSPS) is 15.8. The number of aromatic nitrogens is 2. The number of imidazole rings is 1. The van der Waals surface area contributed by atoms with Crippen LogP contribution < -0.4 is 10.1 Å². The summed E-state index contributed by atoms with van der Waals surface area (Å²) in [6, 6.07) is 19.7. The number of anilines is 1. The number of pyridine rings is 1. The fourth-order valence-electron chi connectivity index (χ4n) is 5.49. The van der Waals surface area contributed by atoms with Crippen LogP contribution >= 0.6 is 0 Å². The second-order valence-corrected chi connectivity index (χ2v) is 10.3. The van der Waals surface area contributed by atoms with Gasteiger partial charge in [0.2, 0.25) is 0 Å². The second-order valence-electron chi connectivity index (χ2n) is 10.3. The van der Waals surface area contributed by atoms with E-state index in [-0.39, 0.29) is 11.8 Å². The summed E-state index contributed by atoms with van der Waals surface area (Å²) in [5, 5.41) is 3.80. The van der Waals surface area contributed by atoms with Crippen LogP contribution in [0, 0.1) is 6.92 Å². The number of nitrogens with one attached hydrogen (secondary N) is 1. The first-order chi connectivity index (χ1) is 18.6. The summed E-state index contributed by atoms with van der Waals surface area (Å²) in [7, 11) is 0. The average molecular weight is 509 g/mol. The molecule has 1 saturated carbocycles. The predicted octanol–water partition coefficient (Wildman–Crippen LogP) is 6.12. The molecular weight excluding hydrogens is 476 g/mol. The third-order valence-electron chi connectivity index (χ3n) is 7.53. The molecule has 0 spiro atoms. The number of carbonyl (C=O) groups excluding carboxylic acids is 2. The molecule has 38 heavy (non-hydrogen) atoms. The lowest BCUT2D eigenvalue weighted by Crippen LogP contribution is -2.31. The summed E-state index contributed by atoms with van der Waals surface area (Å²) < 4.78 is 8.09. The lowest BCUT2D eigenvalue weighted by atomic mass is 9.95. The third kappa shape index (κ3) is 4.64. The van der Waals surface area contributed by atoms with E-state index in [0.717, 1.165) is 28.5 Å². The van der Waals surface area contributed by atoms with Gasteiger partial charge < -0.3 is 10.1 Å². The van der Waals surface area contributed by atoms with Crippen molar-refractivity contribution in [1.82, 2.24) is 14.3 Å². The molecule has 194 valence electrons. The Balaban J connectivity index is 1.12. The Labute approximate surface area is 222 Å². The van der Waals surface area contributed by atoms with E-state index in [0.29, 0.717) is 36.7 Å². The van der Waals surface area contributed by atoms with Gasteiger partial charge in [-0.25, -0.2) is 4.98 Å². The van der Waals surface area contributed by atoms with E-state index in [4.69, 9.17) is 9.72 Å². The van der Waals surface area contributed by atoms with Gasteiger partial charge in [0.15, 0.2) is 0 Å². The number of fused-ring (bicyclic) bond motifs is 2. The smallest absolute Gasteiger partial charge is 0.261 e. The standard InChI is InChI=1S/C31H32N4O3/c1-21-16-18-34-27(20-21)33-28(29(34)32-23-8-3-2-4-9-23)22-12-14-24(15-13-22)38-19-7-17-35-30(36)25-10-5-6-11-26(25)31(35)37/h5-6,10-16,18,20,23,32H,2-4,7-9,17,19H2,1H3. The van der Waals surface area contributed by atoms with Crippen LogP contribution in [0.15, 0.2) is 66.9 Å². The number of hydrogen-bond acceptors (Lipinski definition) is 5. The highest BCUT2D eigenvalue weighted by molar-refractivity contribution is 6.21. The Morgan fingerprint density at radius 3 is 2.37 bits per heavy atom. The summed E-state index contributed by atoms with van der Waals surface area (Å²) in [6.07, 6.45) is 8.88. The molecule has 4 aromatic rings. The molecule has 2 amide bonds. The van der Waals surface area contributed by atoms with Crippen LogP contribution in [0.25, 0.3) is 16.9 Å². The fraction of sp³-hybridized carbons (Fsp3) is 0.323. The number of hydrogen-bond donors (Lipinski definition) is 1. The highest BCUT2D eigenvalue weighted by Crippen LogP contribution is 2.33. The van der Waals surface area contributed by atoms with Crippen molar-refractivity contribution in [3.05, 3.63) is 83.6 Å². The van der Waals surface area contributed by atoms with Gasteiger partial charge in [-0.1, -0.05) is 31.4 Å². The SMILES string of the molecule is Cc1ccn2c(NC3CCCCC3)c(-c3ccc(OCCCN4C(=O)c5ccccc5C4=O)cc3)nc2c1. The summed E-state index contributed by atoms with van der Waals surface area (Å²) in [5.74, 6) is 1.34. The molecule has 1 fully saturated rings. The lowest BCUT2D eigenvalue weighted by Gasteiger charge is -2.24. The Morgan fingerprint density at radius 2 is 1.66 bits per heavy atom. The molecule has 7 heteroatoms. The molecule has 0 radical (unpaired) electrons. The maximum Gasteiger partial charge on any atom is 0.261 e. The number of imide groups is 1. The van der Waals surface area contributed by atoms with Gasteiger partial charge in [0.1, 0.15) is 22.9 Å². The van der Waals surface area contributed by atoms with Crippen molar-refractivity contribution in [3.63, 3.8) is 0 Å². The van der Waals surface area contributed by atoms with Crippen LogP contribution in [0.2, 0.25) is 0 Å². The Kier molecular flexibility index (Phi) is 6.58. The minimum atomic E-state index is -0.227. The zero-order valence-corrected chi connectivity index (χ0v) is 21.7. The van der Waals surface area contributed by atoms with Gasteiger partial charge in [-0.15, -0.1) is 0 Å². The van der Waals surface area contributed by atoms with Crippen molar-refractivity contribution in [2.24, 2.45) is 0 Å². The number of aryl methyl sites for hydroxylation is 1. The molecule has 2 aromatic carbocycles. The summed E-state index contributed by atoms with van der Waals surface area (Å²) in [5.41, 5.74) is 5.05. The fourth-order valence-corrected chi connectivity index (χ4v) is 5.49. The number of benzene rings is 2. The molecular formula is C31H32N4O3. The topological polar surface area (TPSA) is 75.9 Å². The first-order valence-corrected chi connectivity index (χ1v) is 13.5. The van der Waals surface area contributed by atoms with Crippen LogP contribution in [0.3, 0.4) is 0 Å². The predicted molar refractivity (Wildman–Crippen MR) is 148 cm³/mol. The van der Waals surface area contributed by atoms with Crippen LogP contribution in [0.1, 0.15) is 64.8 Å². The molecule has 0 unspecified atom stereocenters. The quantitative estimate of drug-likeness (QED) is 0.229. The van der Waals surface area contributed by atoms with Gasteiger partial charge >= 0.3 is 0 Å². The molecule has 6 rings (SSSR count). The average Bonchev–Trinajstić information content (AvgIpc) is 3.41. The minimum Gasteiger partial charge on any atom is -0.494 e. The molecule has 3 heterocycles. The first kappa shape index (κ1) is 24.2. The Hall–Kier alpha value is -4.13. The zero-order chi connectivity index (χ0) is 26.1. The summed E-state index contributed by atoms with van der Waals surface area (Å²) in [4.78, 5) is 31.4. The molecule has 1 aliphatic heterocycles. The lowest BCUT2D eigenvalue weighted by molar-refractivity contribution is 0.0646. The van der Waals surface area contributed by atoms with Gasteiger partial charge in [-0.05, 0) is 80.3 Å². The summed E-state index contributed by atoms with van der Waals surface area (Å²) in [6.45, 7) is 2.83. The van der Waals surface area contributed by atoms with Gasteiger partial charge in [-0.2, -0.15) is 0 Å². The van der Waals surface area contributed by atoms with Crippen molar-refractivity contribution in [1.29, 1.82) is 0 Å². The molecule has 2 aromatic heterocycles. The van der Waals surface area contributed by atoms with Crippen molar-refractivity contribution in [2.45, 2.75) is 51.5 Å². The number of carbonyl (C=O) groups is 2. The molecule has 1 aliphatic carbocycles. The third-order valence-corrected chi connectivity index (χ3v) is 7.53. The highest BCUT2D eigenvalue weighted by Gasteiger charge is 2.34. The highest BCUT2D eigenvalue weighted by atomic mass is 16.5. The summed E-state index contributed by atoms with van der Waals surface area (Å²) >= 11 is 0. The van der Waals surface area contributed by atoms with E-state index >= 15 is 0 Å². The molecule has 2 aliphatic rings. The van der Waals surface area contributed by atoms with Crippen LogP contribution in [-0.2, 0) is 0 Å². The molecule has 0 saturated heterocycles. The number of ether oxygens (including phenoxy) is 1. The van der Waals surface area contributed by atoms with E-state index in [1.807, 2.05) is 24.3 Å². The number of rotatable bonds is 8. The Bertz CT molecular complexity index is 1450. The molecule has 1 N–H and O–H groups in total. The van der Waals surface area contributed by atoms with Gasteiger partial charge in [-0.3, -0.25) is 18.9 Å². The van der Waals surface area contributed by atoms with Crippen LogP contribution in [0.5, 0.6) is 5.75 Å². The van der Waals surface area contributed by atoms with E-state index in [9.17, 15) is 9.59 Å². The first-order valence-electron chi connectivity index (χ1n) is 13.5. The van der Waals surface area contributed by atoms with Crippen LogP contribution in [-0.4, -0.2) is 45.3 Å². The zero-order valence-electron chi connectivity index (χ0n) is 21.7. The molecule has 0 bridgehead atoms. The van der Waals surface area contributed by atoms with Crippen molar-refractivity contribution in [2.75, 3.05) is 18.5 Å². The van der Waals surface area contributed by atoms with Crippen LogP contribution in [0.4, 0.5) is 5.82 Å². The van der Waals surface area contributed by atoms with Crippen molar-refractivity contribution >= 4 is 23.3 Å². The van der Waals surface area contributed by atoms with Gasteiger partial charge in [0, 0.05) is 24.3 Å². The maximum atomic E-state index is 12.5. The second kappa shape index (κ2) is 10.3. The minimum absolute atomic E-state index is 0.227. The number of amides is 2. The van der Waals surface area contributed by atoms with E-state index in [1.165, 1.54) is 42.6 Å². The largest absolute Gasteiger partial charge is 0.494 e.